The number of aliphatic hydroxyl groups excluding tert-OH is 1. The van der Waals surface area contributed by atoms with E-state index in [-0.39, 0.29) is 5.91 Å². The molecule has 1 aliphatic rings. The van der Waals surface area contributed by atoms with Crippen molar-refractivity contribution in [1.29, 1.82) is 0 Å². The number of nitrogens with zero attached hydrogens (tertiary/aromatic N) is 1. The fraction of sp³-hybridized carbons (Fsp3) is 0.467. The first-order chi connectivity index (χ1) is 10.1. The van der Waals surface area contributed by atoms with Crippen LogP contribution in [0.1, 0.15) is 24.8 Å². The second-order valence-electron chi connectivity index (χ2n) is 4.96. The minimum absolute atomic E-state index is 0.0758. The maximum absolute atomic E-state index is 11.0. The Labute approximate surface area is 123 Å². The molecule has 1 aliphatic heterocycles. The number of benzene rings is 1. The minimum Gasteiger partial charge on any atom is -0.493 e. The Kier molecular flexibility index (Phi) is 5.16. The van der Waals surface area contributed by atoms with Crippen molar-refractivity contribution in [3.05, 3.63) is 23.8 Å². The average molecular weight is 292 g/mol. The highest BCUT2D eigenvalue weighted by atomic mass is 16.5. The summed E-state index contributed by atoms with van der Waals surface area (Å²) in [5.41, 5.74) is 4.22. The van der Waals surface area contributed by atoms with Crippen molar-refractivity contribution in [1.82, 2.24) is 5.43 Å². The molecule has 21 heavy (non-hydrogen) atoms. The quantitative estimate of drug-likeness (QED) is 0.827. The molecule has 0 aliphatic carbocycles. The van der Waals surface area contributed by atoms with Gasteiger partial charge in [-0.15, -0.1) is 0 Å². The SMILES string of the molecule is COc1ccc(CC(O)CC2=NNC(=O)CC2)cc1OC. The van der Waals surface area contributed by atoms with Gasteiger partial charge in [-0.3, -0.25) is 4.79 Å². The molecule has 1 amide bonds. The summed E-state index contributed by atoms with van der Waals surface area (Å²) in [7, 11) is 3.17. The second kappa shape index (κ2) is 7.08. The summed E-state index contributed by atoms with van der Waals surface area (Å²) in [5.74, 6) is 1.23. The molecule has 1 aromatic carbocycles. The van der Waals surface area contributed by atoms with Crippen LogP contribution in [0.4, 0.5) is 0 Å². The van der Waals surface area contributed by atoms with Crippen LogP contribution in [0.15, 0.2) is 23.3 Å². The fourth-order valence-corrected chi connectivity index (χ4v) is 2.28. The number of hydrazone groups is 1. The van der Waals surface area contributed by atoms with Gasteiger partial charge in [0.1, 0.15) is 0 Å². The van der Waals surface area contributed by atoms with E-state index >= 15 is 0 Å². The van der Waals surface area contributed by atoms with Gasteiger partial charge in [0.05, 0.1) is 20.3 Å². The normalized spacial score (nSPS) is 16.0. The Bertz CT molecular complexity index is 542. The zero-order chi connectivity index (χ0) is 15.2. The number of carbonyl (C=O) groups excluding carboxylic acids is 1. The average Bonchev–Trinajstić information content (AvgIpc) is 2.49. The van der Waals surface area contributed by atoms with E-state index in [1.54, 1.807) is 14.2 Å². The molecule has 1 unspecified atom stereocenters. The first kappa shape index (κ1) is 15.3. The molecule has 0 radical (unpaired) electrons. The predicted molar refractivity (Wildman–Crippen MR) is 78.7 cm³/mol. The molecular weight excluding hydrogens is 272 g/mol. The molecule has 2 N–H and O–H groups in total. The van der Waals surface area contributed by atoms with Crippen LogP contribution in [0.5, 0.6) is 11.5 Å². The van der Waals surface area contributed by atoms with E-state index in [0.29, 0.717) is 37.2 Å². The van der Waals surface area contributed by atoms with Gasteiger partial charge in [-0.05, 0) is 30.5 Å². The number of methoxy groups -OCH3 is 2. The number of hydrogen-bond donors (Lipinski definition) is 2. The van der Waals surface area contributed by atoms with Crippen LogP contribution in [-0.2, 0) is 11.2 Å². The Morgan fingerprint density at radius 3 is 2.62 bits per heavy atom. The summed E-state index contributed by atoms with van der Waals surface area (Å²) in [4.78, 5) is 11.0. The van der Waals surface area contributed by atoms with Crippen LogP contribution in [-0.4, -0.2) is 37.0 Å². The monoisotopic (exact) mass is 292 g/mol. The van der Waals surface area contributed by atoms with Gasteiger partial charge in [-0.2, -0.15) is 5.10 Å². The summed E-state index contributed by atoms with van der Waals surface area (Å²) in [5, 5.41) is 14.1. The number of nitrogens with one attached hydrogen (secondary N) is 1. The van der Waals surface area contributed by atoms with Gasteiger partial charge < -0.3 is 14.6 Å². The molecule has 0 saturated heterocycles. The zero-order valence-corrected chi connectivity index (χ0v) is 12.3. The highest BCUT2D eigenvalue weighted by molar-refractivity contribution is 5.92. The Balaban J connectivity index is 1.96. The van der Waals surface area contributed by atoms with E-state index in [0.717, 1.165) is 11.3 Å². The maximum atomic E-state index is 11.0. The topological polar surface area (TPSA) is 80.2 Å². The van der Waals surface area contributed by atoms with Crippen molar-refractivity contribution in [3.63, 3.8) is 0 Å². The van der Waals surface area contributed by atoms with Gasteiger partial charge in [-0.25, -0.2) is 5.43 Å². The van der Waals surface area contributed by atoms with Crippen molar-refractivity contribution in [2.45, 2.75) is 31.8 Å². The second-order valence-corrected chi connectivity index (χ2v) is 4.96. The standard InChI is InChI=1S/C15H20N2O4/c1-20-13-5-3-10(8-14(13)21-2)7-12(18)9-11-4-6-15(19)17-16-11/h3,5,8,12,18H,4,6-7,9H2,1-2H3,(H,17,19). The van der Waals surface area contributed by atoms with E-state index in [9.17, 15) is 9.90 Å². The van der Waals surface area contributed by atoms with Gasteiger partial charge in [0.2, 0.25) is 5.91 Å². The van der Waals surface area contributed by atoms with Crippen LogP contribution >= 0.6 is 0 Å². The van der Waals surface area contributed by atoms with Crippen LogP contribution in [0, 0.1) is 0 Å². The van der Waals surface area contributed by atoms with Crippen LogP contribution in [0.25, 0.3) is 0 Å². The summed E-state index contributed by atoms with van der Waals surface area (Å²) in [6, 6.07) is 5.57. The first-order valence-electron chi connectivity index (χ1n) is 6.85. The van der Waals surface area contributed by atoms with Gasteiger partial charge in [0.15, 0.2) is 11.5 Å². The third-order valence-corrected chi connectivity index (χ3v) is 3.37. The molecule has 0 fully saturated rings. The van der Waals surface area contributed by atoms with E-state index in [1.807, 2.05) is 18.2 Å². The minimum atomic E-state index is -0.545. The summed E-state index contributed by atoms with van der Waals surface area (Å²) in [6.45, 7) is 0. The largest absolute Gasteiger partial charge is 0.493 e. The highest BCUT2D eigenvalue weighted by Gasteiger charge is 2.16. The van der Waals surface area contributed by atoms with Crippen molar-refractivity contribution in [2.75, 3.05) is 14.2 Å². The third kappa shape index (κ3) is 4.19. The van der Waals surface area contributed by atoms with Crippen molar-refractivity contribution >= 4 is 11.6 Å². The molecule has 0 saturated carbocycles. The molecule has 0 spiro atoms. The molecule has 1 heterocycles. The van der Waals surface area contributed by atoms with Crippen LogP contribution in [0.3, 0.4) is 0 Å². The first-order valence-corrected chi connectivity index (χ1v) is 6.85. The molecule has 0 aromatic heterocycles. The number of hydrogen-bond acceptors (Lipinski definition) is 5. The number of carbonyl (C=O) groups is 1. The molecule has 6 nitrogen and oxygen atoms in total. The van der Waals surface area contributed by atoms with Gasteiger partial charge in [-0.1, -0.05) is 6.07 Å². The Morgan fingerprint density at radius 1 is 1.24 bits per heavy atom. The summed E-state index contributed by atoms with van der Waals surface area (Å²) >= 11 is 0. The molecule has 1 aromatic rings. The lowest BCUT2D eigenvalue weighted by Gasteiger charge is -2.16. The van der Waals surface area contributed by atoms with Gasteiger partial charge in [0, 0.05) is 18.6 Å². The predicted octanol–water partition coefficient (Wildman–Crippen LogP) is 1.26. The molecule has 1 atom stereocenters. The molecule has 2 rings (SSSR count). The van der Waals surface area contributed by atoms with Crippen LogP contribution in [0.2, 0.25) is 0 Å². The van der Waals surface area contributed by atoms with E-state index < -0.39 is 6.10 Å². The van der Waals surface area contributed by atoms with Crippen molar-refractivity contribution < 1.29 is 19.4 Å². The maximum Gasteiger partial charge on any atom is 0.240 e. The summed E-state index contributed by atoms with van der Waals surface area (Å²) < 4.78 is 10.4. The van der Waals surface area contributed by atoms with E-state index in [1.165, 1.54) is 0 Å². The van der Waals surface area contributed by atoms with Crippen molar-refractivity contribution in [3.8, 4) is 11.5 Å². The fourth-order valence-electron chi connectivity index (χ4n) is 2.28. The lowest BCUT2D eigenvalue weighted by molar-refractivity contribution is -0.121. The molecule has 6 heteroatoms. The highest BCUT2D eigenvalue weighted by Crippen LogP contribution is 2.28. The van der Waals surface area contributed by atoms with Gasteiger partial charge in [0.25, 0.3) is 0 Å². The molecular formula is C15H20N2O4. The number of aliphatic hydroxyl groups is 1. The number of rotatable bonds is 6. The van der Waals surface area contributed by atoms with Gasteiger partial charge >= 0.3 is 0 Å². The van der Waals surface area contributed by atoms with E-state index in [4.69, 9.17) is 9.47 Å². The third-order valence-electron chi connectivity index (χ3n) is 3.37. The number of ether oxygens (including phenoxy) is 2. The Hall–Kier alpha value is -2.08. The lowest BCUT2D eigenvalue weighted by Crippen LogP contribution is -2.28. The van der Waals surface area contributed by atoms with Crippen LogP contribution < -0.4 is 14.9 Å². The Morgan fingerprint density at radius 2 is 2.00 bits per heavy atom. The van der Waals surface area contributed by atoms with Crippen molar-refractivity contribution in [2.24, 2.45) is 5.10 Å². The molecule has 0 bridgehead atoms. The summed E-state index contributed by atoms with van der Waals surface area (Å²) in [6.07, 6.45) is 1.44. The zero-order valence-electron chi connectivity index (χ0n) is 12.3. The lowest BCUT2D eigenvalue weighted by atomic mass is 10.0. The molecule has 114 valence electrons. The smallest absolute Gasteiger partial charge is 0.240 e. The number of amides is 1. The van der Waals surface area contributed by atoms with E-state index in [2.05, 4.69) is 10.5 Å².